The molecule has 0 spiro atoms. The zero-order valence-corrected chi connectivity index (χ0v) is 9.64. The summed E-state index contributed by atoms with van der Waals surface area (Å²) in [6, 6.07) is 6.22. The van der Waals surface area contributed by atoms with Gasteiger partial charge >= 0.3 is 5.97 Å². The van der Waals surface area contributed by atoms with Gasteiger partial charge < -0.3 is 15.1 Å². The molecule has 0 aliphatic rings. The quantitative estimate of drug-likeness (QED) is 0.792. The molecule has 0 fully saturated rings. The Bertz CT molecular complexity index is 384. The molecule has 17 heavy (non-hydrogen) atoms. The molecule has 1 rings (SSSR count). The summed E-state index contributed by atoms with van der Waals surface area (Å²) >= 11 is 0. The molecule has 0 aliphatic carbocycles. The summed E-state index contributed by atoms with van der Waals surface area (Å²) < 4.78 is 13.5. The molecule has 0 saturated heterocycles. The third-order valence-corrected chi connectivity index (χ3v) is 2.42. The van der Waals surface area contributed by atoms with E-state index in [1.807, 2.05) is 6.92 Å². The van der Waals surface area contributed by atoms with Gasteiger partial charge in [0.15, 0.2) is 0 Å². The van der Waals surface area contributed by atoms with Gasteiger partial charge in [0.2, 0.25) is 0 Å². The first-order valence-corrected chi connectivity index (χ1v) is 5.44. The van der Waals surface area contributed by atoms with Crippen LogP contribution in [0.1, 0.15) is 13.3 Å². The lowest BCUT2D eigenvalue weighted by molar-refractivity contribution is -0.139. The van der Waals surface area contributed by atoms with Crippen LogP contribution >= 0.6 is 0 Å². The predicted octanol–water partition coefficient (Wildman–Crippen LogP) is 1.49. The van der Waals surface area contributed by atoms with E-state index in [2.05, 4.69) is 0 Å². The van der Waals surface area contributed by atoms with Gasteiger partial charge in [0, 0.05) is 13.1 Å². The van der Waals surface area contributed by atoms with E-state index in [0.717, 1.165) is 0 Å². The number of aliphatic hydroxyl groups is 1. The molecule has 94 valence electrons. The minimum atomic E-state index is -1.07. The van der Waals surface area contributed by atoms with E-state index >= 15 is 0 Å². The van der Waals surface area contributed by atoms with Crippen molar-refractivity contribution < 1.29 is 19.4 Å². The van der Waals surface area contributed by atoms with Crippen LogP contribution < -0.4 is 4.90 Å². The Hall–Kier alpha value is -1.62. The van der Waals surface area contributed by atoms with Crippen molar-refractivity contribution in [2.75, 3.05) is 18.0 Å². The summed E-state index contributed by atoms with van der Waals surface area (Å²) in [5.41, 5.74) is 0.374. The van der Waals surface area contributed by atoms with Crippen molar-refractivity contribution in [2.45, 2.75) is 19.4 Å². The lowest BCUT2D eigenvalue weighted by atomic mass is 10.2. The molecular formula is C12H16FNO3. The lowest BCUT2D eigenvalue weighted by Crippen LogP contribution is -2.34. The van der Waals surface area contributed by atoms with Gasteiger partial charge in [0.25, 0.3) is 0 Å². The number of anilines is 1. The van der Waals surface area contributed by atoms with Gasteiger partial charge in [0.05, 0.1) is 18.2 Å². The summed E-state index contributed by atoms with van der Waals surface area (Å²) in [5, 5.41) is 18.1. The number of hydrogen-bond donors (Lipinski definition) is 2. The van der Waals surface area contributed by atoms with Crippen LogP contribution in [0.4, 0.5) is 10.1 Å². The summed E-state index contributed by atoms with van der Waals surface area (Å²) in [4.78, 5) is 12.0. The summed E-state index contributed by atoms with van der Waals surface area (Å²) in [6.07, 6.45) is -1.35. The number of para-hydroxylation sites is 1. The molecular weight excluding hydrogens is 225 g/mol. The van der Waals surface area contributed by atoms with Crippen LogP contribution in [0.15, 0.2) is 24.3 Å². The van der Waals surface area contributed by atoms with E-state index in [1.165, 1.54) is 6.07 Å². The minimum absolute atomic E-state index is 0.101. The zero-order valence-electron chi connectivity index (χ0n) is 9.64. The molecule has 0 amide bonds. The molecule has 0 radical (unpaired) electrons. The number of hydrogen-bond acceptors (Lipinski definition) is 3. The van der Waals surface area contributed by atoms with Crippen molar-refractivity contribution in [3.63, 3.8) is 0 Å². The van der Waals surface area contributed by atoms with Crippen LogP contribution in [0.3, 0.4) is 0 Å². The van der Waals surface area contributed by atoms with Gasteiger partial charge in [-0.25, -0.2) is 4.39 Å². The van der Waals surface area contributed by atoms with Crippen LogP contribution in [0.25, 0.3) is 0 Å². The second-order valence-corrected chi connectivity index (χ2v) is 3.74. The molecule has 0 aliphatic heterocycles. The Labute approximate surface area is 99.3 Å². The van der Waals surface area contributed by atoms with Crippen molar-refractivity contribution >= 4 is 11.7 Å². The minimum Gasteiger partial charge on any atom is -0.481 e. The van der Waals surface area contributed by atoms with Gasteiger partial charge in [-0.3, -0.25) is 4.79 Å². The molecule has 2 N–H and O–H groups in total. The van der Waals surface area contributed by atoms with Gasteiger partial charge in [-0.1, -0.05) is 12.1 Å². The van der Waals surface area contributed by atoms with Crippen LogP contribution in [-0.2, 0) is 4.79 Å². The number of halogens is 1. The fourth-order valence-corrected chi connectivity index (χ4v) is 1.63. The molecule has 0 saturated carbocycles. The zero-order chi connectivity index (χ0) is 12.8. The fourth-order valence-electron chi connectivity index (χ4n) is 1.63. The highest BCUT2D eigenvalue weighted by atomic mass is 19.1. The van der Waals surface area contributed by atoms with Gasteiger partial charge in [-0.2, -0.15) is 0 Å². The lowest BCUT2D eigenvalue weighted by Gasteiger charge is -2.25. The molecule has 1 aromatic rings. The van der Waals surface area contributed by atoms with Gasteiger partial charge in [-0.15, -0.1) is 0 Å². The summed E-state index contributed by atoms with van der Waals surface area (Å²) in [5.74, 6) is -1.45. The first kappa shape index (κ1) is 13.4. The third-order valence-electron chi connectivity index (χ3n) is 2.42. The maximum absolute atomic E-state index is 13.5. The highest BCUT2D eigenvalue weighted by molar-refractivity contribution is 5.67. The number of nitrogens with zero attached hydrogens (tertiary/aromatic N) is 1. The number of aliphatic carboxylic acids is 1. The first-order valence-electron chi connectivity index (χ1n) is 5.44. The second kappa shape index (κ2) is 6.20. The number of carboxylic acid groups (broad SMARTS) is 1. The Morgan fingerprint density at radius 2 is 2.12 bits per heavy atom. The Kier molecular flexibility index (Phi) is 4.90. The average Bonchev–Trinajstić information content (AvgIpc) is 2.26. The van der Waals surface area contributed by atoms with E-state index in [9.17, 15) is 14.3 Å². The number of carbonyl (C=O) groups is 1. The fraction of sp³-hybridized carbons (Fsp3) is 0.417. The Balaban J connectivity index is 2.72. The highest BCUT2D eigenvalue weighted by Gasteiger charge is 2.16. The SMILES string of the molecule is CCN(CC(O)CC(=O)O)c1ccccc1F. The van der Waals surface area contributed by atoms with Crippen LogP contribution in [-0.4, -0.2) is 35.4 Å². The number of carboxylic acids is 1. The van der Waals surface area contributed by atoms with E-state index in [1.54, 1.807) is 23.1 Å². The predicted molar refractivity (Wildman–Crippen MR) is 62.5 cm³/mol. The number of aliphatic hydroxyl groups excluding tert-OH is 1. The molecule has 0 aromatic heterocycles. The molecule has 5 heteroatoms. The molecule has 0 heterocycles. The third kappa shape index (κ3) is 4.03. The van der Waals surface area contributed by atoms with E-state index in [0.29, 0.717) is 12.2 Å². The monoisotopic (exact) mass is 241 g/mol. The van der Waals surface area contributed by atoms with E-state index in [4.69, 9.17) is 5.11 Å². The Morgan fingerprint density at radius 3 is 2.65 bits per heavy atom. The van der Waals surface area contributed by atoms with Crippen molar-refractivity contribution in [3.8, 4) is 0 Å². The van der Waals surface area contributed by atoms with Crippen LogP contribution in [0.5, 0.6) is 0 Å². The number of likely N-dealkylation sites (N-methyl/N-ethyl adjacent to an activating group) is 1. The molecule has 1 aromatic carbocycles. The Morgan fingerprint density at radius 1 is 1.47 bits per heavy atom. The van der Waals surface area contributed by atoms with Crippen molar-refractivity contribution in [3.05, 3.63) is 30.1 Å². The topological polar surface area (TPSA) is 60.8 Å². The summed E-state index contributed by atoms with van der Waals surface area (Å²) in [6.45, 7) is 2.42. The normalized spacial score (nSPS) is 12.2. The van der Waals surface area contributed by atoms with E-state index < -0.39 is 12.1 Å². The second-order valence-electron chi connectivity index (χ2n) is 3.74. The summed E-state index contributed by atoms with van der Waals surface area (Å²) in [7, 11) is 0. The first-order chi connectivity index (χ1) is 8.04. The largest absolute Gasteiger partial charge is 0.481 e. The highest BCUT2D eigenvalue weighted by Crippen LogP contribution is 2.18. The molecule has 1 unspecified atom stereocenters. The van der Waals surface area contributed by atoms with Crippen molar-refractivity contribution in [1.29, 1.82) is 0 Å². The molecule has 0 bridgehead atoms. The van der Waals surface area contributed by atoms with Crippen molar-refractivity contribution in [2.24, 2.45) is 0 Å². The van der Waals surface area contributed by atoms with Crippen LogP contribution in [0, 0.1) is 5.82 Å². The molecule has 4 nitrogen and oxygen atoms in total. The maximum atomic E-state index is 13.5. The van der Waals surface area contributed by atoms with Gasteiger partial charge in [0.1, 0.15) is 5.82 Å². The van der Waals surface area contributed by atoms with E-state index in [-0.39, 0.29) is 18.8 Å². The maximum Gasteiger partial charge on any atom is 0.306 e. The van der Waals surface area contributed by atoms with Crippen molar-refractivity contribution in [1.82, 2.24) is 0 Å². The standard InChI is InChI=1S/C12H16FNO3/c1-2-14(8-9(15)7-12(16)17)11-6-4-3-5-10(11)13/h3-6,9,15H,2,7-8H2,1H3,(H,16,17). The van der Waals surface area contributed by atoms with Crippen LogP contribution in [0.2, 0.25) is 0 Å². The molecule has 1 atom stereocenters. The number of rotatable bonds is 6. The smallest absolute Gasteiger partial charge is 0.306 e. The van der Waals surface area contributed by atoms with Gasteiger partial charge in [-0.05, 0) is 19.1 Å². The average molecular weight is 241 g/mol. The number of benzene rings is 1.